The summed E-state index contributed by atoms with van der Waals surface area (Å²) >= 11 is 0. The second-order valence-corrected chi connectivity index (χ2v) is 7.37. The average Bonchev–Trinajstić information content (AvgIpc) is 3.32. The van der Waals surface area contributed by atoms with Crippen LogP contribution in [0.5, 0.6) is 0 Å². The number of primary amides is 1. The van der Waals surface area contributed by atoms with Crippen molar-refractivity contribution in [3.05, 3.63) is 36.2 Å². The zero-order chi connectivity index (χ0) is 18.8. The monoisotopic (exact) mass is 368 g/mol. The molecule has 27 heavy (non-hydrogen) atoms. The topological polar surface area (TPSA) is 107 Å². The molecule has 2 N–H and O–H groups in total. The van der Waals surface area contributed by atoms with Crippen LogP contribution in [0.4, 0.5) is 0 Å². The quantitative estimate of drug-likeness (QED) is 0.857. The molecule has 1 saturated carbocycles. The van der Waals surface area contributed by atoms with Gasteiger partial charge in [0, 0.05) is 31.1 Å². The van der Waals surface area contributed by atoms with Gasteiger partial charge in [0.25, 0.3) is 0 Å². The SMILES string of the molecule is NC(=O)Cc1nc(C2CCC(=O)N(C3CCCC3)C2)n(-c2cccnc2)n1. The molecule has 0 bridgehead atoms. The maximum Gasteiger partial charge on any atom is 0.225 e. The summed E-state index contributed by atoms with van der Waals surface area (Å²) in [5, 5.41) is 4.50. The van der Waals surface area contributed by atoms with Gasteiger partial charge in [-0.2, -0.15) is 5.10 Å². The molecule has 2 aliphatic rings. The van der Waals surface area contributed by atoms with Crippen LogP contribution in [0.25, 0.3) is 5.69 Å². The van der Waals surface area contributed by atoms with Crippen molar-refractivity contribution in [3.63, 3.8) is 0 Å². The number of pyridine rings is 1. The van der Waals surface area contributed by atoms with Gasteiger partial charge in [-0.3, -0.25) is 14.6 Å². The molecule has 2 amide bonds. The molecule has 1 atom stereocenters. The van der Waals surface area contributed by atoms with Crippen molar-refractivity contribution in [2.75, 3.05) is 6.54 Å². The number of amides is 2. The fourth-order valence-corrected chi connectivity index (χ4v) is 4.18. The molecule has 0 radical (unpaired) electrons. The maximum atomic E-state index is 12.5. The third-order valence-electron chi connectivity index (χ3n) is 5.47. The maximum absolute atomic E-state index is 12.5. The molecule has 2 aromatic rings. The Labute approximate surface area is 157 Å². The second-order valence-electron chi connectivity index (χ2n) is 7.37. The van der Waals surface area contributed by atoms with Crippen LogP contribution in [-0.4, -0.2) is 49.0 Å². The molecule has 8 heteroatoms. The Hall–Kier alpha value is -2.77. The van der Waals surface area contributed by atoms with Crippen LogP contribution in [-0.2, 0) is 16.0 Å². The predicted octanol–water partition coefficient (Wildman–Crippen LogP) is 1.34. The van der Waals surface area contributed by atoms with E-state index in [2.05, 4.69) is 15.1 Å². The van der Waals surface area contributed by atoms with Gasteiger partial charge < -0.3 is 10.6 Å². The zero-order valence-corrected chi connectivity index (χ0v) is 15.3. The molecular weight excluding hydrogens is 344 g/mol. The van der Waals surface area contributed by atoms with Crippen LogP contribution >= 0.6 is 0 Å². The molecule has 2 aromatic heterocycles. The molecule has 4 rings (SSSR count). The van der Waals surface area contributed by atoms with Crippen molar-refractivity contribution < 1.29 is 9.59 Å². The van der Waals surface area contributed by atoms with Crippen LogP contribution in [0.2, 0.25) is 0 Å². The lowest BCUT2D eigenvalue weighted by atomic mass is 9.94. The first-order chi connectivity index (χ1) is 13.1. The molecule has 1 saturated heterocycles. The number of carbonyl (C=O) groups is 2. The van der Waals surface area contributed by atoms with Crippen LogP contribution in [0.15, 0.2) is 24.5 Å². The first kappa shape index (κ1) is 17.6. The smallest absolute Gasteiger partial charge is 0.225 e. The number of aromatic nitrogens is 4. The van der Waals surface area contributed by atoms with E-state index in [1.54, 1.807) is 17.1 Å². The summed E-state index contributed by atoms with van der Waals surface area (Å²) in [6.07, 6.45) is 9.21. The highest BCUT2D eigenvalue weighted by Gasteiger charge is 2.35. The van der Waals surface area contributed by atoms with Gasteiger partial charge in [0.2, 0.25) is 11.8 Å². The standard InChI is InChI=1S/C19H24N6O2/c20-16(26)10-17-22-19(25(23-17)15-6-3-9-21-11-15)13-7-8-18(27)24(12-13)14-4-1-2-5-14/h3,6,9,11,13-14H,1-2,4-5,7-8,10,12H2,(H2,20,26). The van der Waals surface area contributed by atoms with Gasteiger partial charge in [-0.25, -0.2) is 9.67 Å². The highest BCUT2D eigenvalue weighted by Crippen LogP contribution is 2.33. The average molecular weight is 368 g/mol. The Morgan fingerprint density at radius 2 is 2.07 bits per heavy atom. The van der Waals surface area contributed by atoms with Crippen LogP contribution in [0, 0.1) is 0 Å². The van der Waals surface area contributed by atoms with Gasteiger partial charge in [-0.1, -0.05) is 12.8 Å². The minimum Gasteiger partial charge on any atom is -0.369 e. The minimum atomic E-state index is -0.462. The Balaban J connectivity index is 1.66. The van der Waals surface area contributed by atoms with Gasteiger partial charge in [-0.15, -0.1) is 0 Å². The van der Waals surface area contributed by atoms with Crippen LogP contribution in [0.1, 0.15) is 56.1 Å². The molecule has 8 nitrogen and oxygen atoms in total. The number of hydrogen-bond donors (Lipinski definition) is 1. The lowest BCUT2D eigenvalue weighted by molar-refractivity contribution is -0.136. The van der Waals surface area contributed by atoms with Crippen LogP contribution < -0.4 is 5.73 Å². The minimum absolute atomic E-state index is 0.00173. The second kappa shape index (κ2) is 7.46. The van der Waals surface area contributed by atoms with Gasteiger partial charge in [0.15, 0.2) is 5.82 Å². The molecule has 2 fully saturated rings. The van der Waals surface area contributed by atoms with E-state index >= 15 is 0 Å². The highest BCUT2D eigenvalue weighted by atomic mass is 16.2. The first-order valence-electron chi connectivity index (χ1n) is 9.56. The third-order valence-corrected chi connectivity index (χ3v) is 5.47. The Kier molecular flexibility index (Phi) is 4.87. The van der Waals surface area contributed by atoms with E-state index in [1.807, 2.05) is 17.0 Å². The summed E-state index contributed by atoms with van der Waals surface area (Å²) in [4.78, 5) is 34.6. The zero-order valence-electron chi connectivity index (χ0n) is 15.3. The van der Waals surface area contributed by atoms with Gasteiger partial charge in [-0.05, 0) is 31.4 Å². The van der Waals surface area contributed by atoms with E-state index in [1.165, 1.54) is 12.8 Å². The Bertz CT molecular complexity index is 828. The van der Waals surface area contributed by atoms with Gasteiger partial charge in [0.1, 0.15) is 5.82 Å². The summed E-state index contributed by atoms with van der Waals surface area (Å²) in [7, 11) is 0. The molecule has 1 aliphatic carbocycles. The summed E-state index contributed by atoms with van der Waals surface area (Å²) in [6.45, 7) is 0.651. The highest BCUT2D eigenvalue weighted by molar-refractivity contribution is 5.77. The van der Waals surface area contributed by atoms with Crippen LogP contribution in [0.3, 0.4) is 0 Å². The van der Waals surface area contributed by atoms with Crippen molar-refractivity contribution in [1.29, 1.82) is 0 Å². The lowest BCUT2D eigenvalue weighted by Crippen LogP contribution is -2.45. The molecule has 0 spiro atoms. The third kappa shape index (κ3) is 3.70. The van der Waals surface area contributed by atoms with E-state index in [9.17, 15) is 9.59 Å². The summed E-state index contributed by atoms with van der Waals surface area (Å²) in [5.41, 5.74) is 6.12. The Morgan fingerprint density at radius 3 is 2.78 bits per heavy atom. The van der Waals surface area contributed by atoms with Gasteiger partial charge in [0.05, 0.1) is 18.3 Å². The molecule has 142 valence electrons. The van der Waals surface area contributed by atoms with Crippen molar-refractivity contribution in [2.24, 2.45) is 5.73 Å². The van der Waals surface area contributed by atoms with Crippen molar-refractivity contribution >= 4 is 11.8 Å². The number of nitrogens with two attached hydrogens (primary N) is 1. The first-order valence-corrected chi connectivity index (χ1v) is 9.56. The Morgan fingerprint density at radius 1 is 1.26 bits per heavy atom. The number of likely N-dealkylation sites (tertiary alicyclic amines) is 1. The van der Waals surface area contributed by atoms with Crippen molar-refractivity contribution in [3.8, 4) is 5.69 Å². The molecular formula is C19H24N6O2. The largest absolute Gasteiger partial charge is 0.369 e. The van der Waals surface area contributed by atoms with Crippen molar-refractivity contribution in [2.45, 2.75) is 56.9 Å². The molecule has 1 unspecified atom stereocenters. The molecule has 1 aliphatic heterocycles. The number of carbonyl (C=O) groups excluding carboxylic acids is 2. The summed E-state index contributed by atoms with van der Waals surface area (Å²) < 4.78 is 1.75. The van der Waals surface area contributed by atoms with E-state index in [-0.39, 0.29) is 18.2 Å². The normalized spacial score (nSPS) is 21.0. The summed E-state index contributed by atoms with van der Waals surface area (Å²) in [5.74, 6) is 1.04. The van der Waals surface area contributed by atoms with Crippen molar-refractivity contribution in [1.82, 2.24) is 24.6 Å². The van der Waals surface area contributed by atoms with E-state index in [0.717, 1.165) is 30.8 Å². The predicted molar refractivity (Wildman–Crippen MR) is 98.0 cm³/mol. The van der Waals surface area contributed by atoms with E-state index in [0.29, 0.717) is 24.8 Å². The lowest BCUT2D eigenvalue weighted by Gasteiger charge is -2.36. The number of piperidine rings is 1. The number of rotatable bonds is 5. The van der Waals surface area contributed by atoms with E-state index in [4.69, 9.17) is 5.73 Å². The molecule has 0 aromatic carbocycles. The fraction of sp³-hybridized carbons (Fsp3) is 0.526. The number of hydrogen-bond acceptors (Lipinski definition) is 5. The fourth-order valence-electron chi connectivity index (χ4n) is 4.18. The van der Waals surface area contributed by atoms with Gasteiger partial charge >= 0.3 is 0 Å². The summed E-state index contributed by atoms with van der Waals surface area (Å²) in [6, 6.07) is 4.09. The number of nitrogens with zero attached hydrogens (tertiary/aromatic N) is 5. The van der Waals surface area contributed by atoms with E-state index < -0.39 is 5.91 Å². The molecule has 3 heterocycles.